The van der Waals surface area contributed by atoms with Gasteiger partial charge in [0.05, 0.1) is 16.4 Å². The molecule has 1 aromatic carbocycles. The second-order valence-corrected chi connectivity index (χ2v) is 6.32. The van der Waals surface area contributed by atoms with Gasteiger partial charge in [-0.25, -0.2) is 0 Å². The molecule has 0 unspecified atom stereocenters. The summed E-state index contributed by atoms with van der Waals surface area (Å²) in [4.78, 5) is 16.9. The van der Waals surface area contributed by atoms with Crippen molar-refractivity contribution in [1.29, 1.82) is 5.41 Å². The molecule has 0 amide bonds. The van der Waals surface area contributed by atoms with Crippen LogP contribution >= 0.6 is 0 Å². The minimum absolute atomic E-state index is 0.0622. The number of hydrogen-bond donors (Lipinski definition) is 1. The summed E-state index contributed by atoms with van der Waals surface area (Å²) in [5.74, 6) is 0. The Kier molecular flexibility index (Phi) is 5.07. The first kappa shape index (κ1) is 20.0. The second-order valence-electron chi connectivity index (χ2n) is 6.32. The topological polar surface area (TPSA) is 58.7 Å². The Balaban J connectivity index is 2.47. The van der Waals surface area contributed by atoms with Gasteiger partial charge in [0.1, 0.15) is 0 Å². The first-order valence-corrected chi connectivity index (χ1v) is 8.41. The largest absolute Gasteiger partial charge is 0.416 e. The Hall–Kier alpha value is -3.74. The number of rotatable bonds is 4. The van der Waals surface area contributed by atoms with E-state index in [-0.39, 0.29) is 5.69 Å². The van der Waals surface area contributed by atoms with E-state index in [1.807, 2.05) is 0 Å². The highest BCUT2D eigenvalue weighted by atomic mass is 19.4. The zero-order chi connectivity index (χ0) is 21.3. The van der Waals surface area contributed by atoms with E-state index in [0.29, 0.717) is 32.6 Å². The van der Waals surface area contributed by atoms with Crippen LogP contribution in [0.15, 0.2) is 71.7 Å². The molecular weight excluding hydrogens is 379 g/mol. The van der Waals surface area contributed by atoms with Crippen molar-refractivity contribution in [3.8, 4) is 5.69 Å². The van der Waals surface area contributed by atoms with Crippen molar-refractivity contribution >= 4 is 29.8 Å². The Morgan fingerprint density at radius 3 is 2.52 bits per heavy atom. The predicted molar refractivity (Wildman–Crippen MR) is 109 cm³/mol. The maximum Gasteiger partial charge on any atom is 0.416 e. The van der Waals surface area contributed by atoms with E-state index >= 15 is 0 Å². The summed E-state index contributed by atoms with van der Waals surface area (Å²) in [6.07, 6.45) is -0.463. The third-order valence-electron chi connectivity index (χ3n) is 4.39. The summed E-state index contributed by atoms with van der Waals surface area (Å²) in [6.45, 7) is 11.4. The van der Waals surface area contributed by atoms with Crippen molar-refractivity contribution in [2.75, 3.05) is 0 Å². The molecule has 0 spiro atoms. The van der Waals surface area contributed by atoms with Gasteiger partial charge in [-0.05, 0) is 41.5 Å². The number of pyridine rings is 2. The number of alkyl halides is 3. The van der Waals surface area contributed by atoms with E-state index < -0.39 is 17.3 Å². The highest BCUT2D eigenvalue weighted by Crippen LogP contribution is 2.30. The van der Waals surface area contributed by atoms with Crippen molar-refractivity contribution in [2.45, 2.75) is 6.18 Å². The van der Waals surface area contributed by atoms with E-state index in [2.05, 4.69) is 24.7 Å². The van der Waals surface area contributed by atoms with Crippen molar-refractivity contribution in [1.82, 2.24) is 9.55 Å². The Labute approximate surface area is 163 Å². The molecule has 29 heavy (non-hydrogen) atoms. The highest BCUT2D eigenvalue weighted by molar-refractivity contribution is 5.88. The van der Waals surface area contributed by atoms with E-state index in [9.17, 15) is 18.0 Å². The number of fused-ring (bicyclic) bond motifs is 1. The van der Waals surface area contributed by atoms with Gasteiger partial charge in [-0.2, -0.15) is 13.2 Å². The minimum Gasteiger partial charge on any atom is -0.308 e. The fraction of sp³-hybridized carbons (Fsp3) is 0.0455. The number of benzene rings is 1. The molecule has 0 saturated heterocycles. The van der Waals surface area contributed by atoms with E-state index in [0.717, 1.165) is 18.3 Å². The molecule has 0 fully saturated rings. The maximum atomic E-state index is 13.2. The van der Waals surface area contributed by atoms with Crippen molar-refractivity contribution < 1.29 is 13.2 Å². The van der Waals surface area contributed by atoms with Crippen LogP contribution in [0.1, 0.15) is 5.56 Å². The summed E-state index contributed by atoms with van der Waals surface area (Å²) in [7, 11) is 0. The molecule has 3 rings (SSSR count). The second kappa shape index (κ2) is 7.35. The van der Waals surface area contributed by atoms with Crippen LogP contribution in [0.3, 0.4) is 0 Å². The molecule has 0 atom stereocenters. The molecule has 4 nitrogen and oxygen atoms in total. The van der Waals surface area contributed by atoms with E-state index in [1.165, 1.54) is 29.0 Å². The smallest absolute Gasteiger partial charge is 0.308 e. The van der Waals surface area contributed by atoms with Crippen LogP contribution in [0.5, 0.6) is 0 Å². The van der Waals surface area contributed by atoms with Gasteiger partial charge in [-0.1, -0.05) is 25.8 Å². The molecule has 2 heterocycles. The molecule has 2 aromatic heterocycles. The average Bonchev–Trinajstić information content (AvgIpc) is 2.68. The van der Waals surface area contributed by atoms with Gasteiger partial charge in [0, 0.05) is 34.8 Å². The minimum atomic E-state index is -4.55. The van der Waals surface area contributed by atoms with Gasteiger partial charge < -0.3 is 5.41 Å². The van der Waals surface area contributed by atoms with Gasteiger partial charge in [0.15, 0.2) is 0 Å². The zero-order valence-electron chi connectivity index (χ0n) is 15.3. The third-order valence-corrected chi connectivity index (χ3v) is 4.39. The fourth-order valence-electron chi connectivity index (χ4n) is 2.88. The van der Waals surface area contributed by atoms with Crippen molar-refractivity contribution in [2.24, 2.45) is 0 Å². The molecule has 0 saturated carbocycles. The van der Waals surface area contributed by atoms with Crippen LogP contribution in [-0.2, 0) is 6.18 Å². The lowest BCUT2D eigenvalue weighted by atomic mass is 10.1. The van der Waals surface area contributed by atoms with Crippen molar-refractivity contribution in [3.63, 3.8) is 0 Å². The molecule has 7 heteroatoms. The van der Waals surface area contributed by atoms with Crippen LogP contribution in [-0.4, -0.2) is 15.8 Å². The van der Waals surface area contributed by atoms with E-state index in [1.54, 1.807) is 12.1 Å². The van der Waals surface area contributed by atoms with Crippen LogP contribution < -0.4 is 16.1 Å². The van der Waals surface area contributed by atoms with Gasteiger partial charge >= 0.3 is 6.18 Å². The third kappa shape index (κ3) is 3.80. The Bertz CT molecular complexity index is 1330. The quantitative estimate of drug-likeness (QED) is 0.544. The van der Waals surface area contributed by atoms with Crippen LogP contribution in [0.2, 0.25) is 0 Å². The highest BCUT2D eigenvalue weighted by Gasteiger charge is 2.30. The fourth-order valence-corrected chi connectivity index (χ4v) is 2.88. The number of nitrogens with zero attached hydrogens (tertiary/aromatic N) is 2. The van der Waals surface area contributed by atoms with Crippen LogP contribution in [0, 0.1) is 5.41 Å². The van der Waals surface area contributed by atoms with Crippen LogP contribution in [0.4, 0.5) is 13.2 Å². The number of allylic oxidation sites excluding steroid dienone is 2. The first-order valence-electron chi connectivity index (χ1n) is 8.41. The molecule has 0 aliphatic heterocycles. The number of aromatic nitrogens is 2. The van der Waals surface area contributed by atoms with Gasteiger partial charge in [-0.3, -0.25) is 14.3 Å². The SMILES string of the molecule is C=C(C=N)C(=C)/C=c1\c(=C)ncc2ccc(=O)n(-c3cccc(C(F)(F)F)c3)c12. The normalized spacial score (nSPS) is 12.2. The predicted octanol–water partition coefficient (Wildman–Crippen LogP) is 3.36. The number of halogens is 3. The first-order chi connectivity index (χ1) is 13.6. The molecule has 0 bridgehead atoms. The lowest BCUT2D eigenvalue weighted by Crippen LogP contribution is -2.32. The number of nitrogens with one attached hydrogen (secondary N) is 1. The Morgan fingerprint density at radius 2 is 1.86 bits per heavy atom. The summed E-state index contributed by atoms with van der Waals surface area (Å²) < 4.78 is 40.7. The number of hydrogen-bond acceptors (Lipinski definition) is 3. The standard InChI is InChI=1S/C22H16F3N3O/c1-13(14(2)11-26)9-19-15(3)27-12-16-7-8-20(29)28(21(16)19)18-6-4-5-17(10-18)22(23,24)25/h4-12,26H,1-3H2/b19-9+,26-11?. The Morgan fingerprint density at radius 1 is 1.14 bits per heavy atom. The molecule has 0 aliphatic carbocycles. The summed E-state index contributed by atoms with van der Waals surface area (Å²) in [6, 6.07) is 7.33. The molecule has 0 radical (unpaired) electrons. The van der Waals surface area contributed by atoms with Gasteiger partial charge in [0.2, 0.25) is 0 Å². The van der Waals surface area contributed by atoms with Gasteiger partial charge in [-0.15, -0.1) is 0 Å². The monoisotopic (exact) mass is 395 g/mol. The summed E-state index contributed by atoms with van der Waals surface area (Å²) in [5, 5.41) is 8.57. The van der Waals surface area contributed by atoms with Crippen molar-refractivity contribution in [3.05, 3.63) is 93.4 Å². The lowest BCUT2D eigenvalue weighted by Gasteiger charge is -2.14. The maximum absolute atomic E-state index is 13.2. The molecule has 146 valence electrons. The van der Waals surface area contributed by atoms with E-state index in [4.69, 9.17) is 5.41 Å². The van der Waals surface area contributed by atoms with Crippen LogP contribution in [0.25, 0.3) is 29.2 Å². The van der Waals surface area contributed by atoms with Gasteiger partial charge in [0.25, 0.3) is 5.56 Å². The molecular formula is C22H16F3N3O. The zero-order valence-corrected chi connectivity index (χ0v) is 15.3. The summed E-state index contributed by atoms with van der Waals surface area (Å²) >= 11 is 0. The average molecular weight is 395 g/mol. The summed E-state index contributed by atoms with van der Waals surface area (Å²) in [5.41, 5.74) is -0.234. The lowest BCUT2D eigenvalue weighted by molar-refractivity contribution is -0.137. The molecule has 0 aliphatic rings. The molecule has 1 N–H and O–H groups in total. The molecule has 3 aromatic rings.